The Hall–Kier alpha value is -0.220. The van der Waals surface area contributed by atoms with Gasteiger partial charge >= 0.3 is 0 Å². The first-order valence-corrected chi connectivity index (χ1v) is 7.32. The molecule has 0 amide bonds. The van der Waals surface area contributed by atoms with E-state index in [1.165, 1.54) is 6.42 Å². The van der Waals surface area contributed by atoms with Crippen molar-refractivity contribution in [1.29, 1.82) is 0 Å². The zero-order chi connectivity index (χ0) is 13.2. The third kappa shape index (κ3) is 3.89. The van der Waals surface area contributed by atoms with E-state index in [4.69, 9.17) is 5.73 Å². The SMILES string of the molecule is CC(N)C1CCCN(CC2CCCC(F)(F)C2)C1. The lowest BCUT2D eigenvalue weighted by Crippen LogP contribution is -2.45. The zero-order valence-corrected chi connectivity index (χ0v) is 11.4. The van der Waals surface area contributed by atoms with Crippen molar-refractivity contribution in [3.8, 4) is 0 Å². The summed E-state index contributed by atoms with van der Waals surface area (Å²) in [5.41, 5.74) is 5.96. The fourth-order valence-electron chi connectivity index (χ4n) is 3.48. The lowest BCUT2D eigenvalue weighted by atomic mass is 9.85. The van der Waals surface area contributed by atoms with Crippen LogP contribution in [-0.4, -0.2) is 36.5 Å². The van der Waals surface area contributed by atoms with Crippen LogP contribution >= 0.6 is 0 Å². The highest BCUT2D eigenvalue weighted by atomic mass is 19.3. The molecule has 1 aliphatic carbocycles. The Morgan fingerprint density at radius 1 is 1.33 bits per heavy atom. The van der Waals surface area contributed by atoms with Crippen molar-refractivity contribution in [2.75, 3.05) is 19.6 Å². The standard InChI is InChI=1S/C14H26F2N2/c1-11(17)13-5-3-7-18(10-13)9-12-4-2-6-14(15,16)8-12/h11-13H,2-10,17H2,1H3. The maximum absolute atomic E-state index is 13.4. The number of piperidine rings is 1. The molecular formula is C14H26F2N2. The van der Waals surface area contributed by atoms with Gasteiger partial charge < -0.3 is 10.6 Å². The number of halogens is 2. The highest BCUT2D eigenvalue weighted by Gasteiger charge is 2.37. The number of nitrogens with zero attached hydrogens (tertiary/aromatic N) is 1. The van der Waals surface area contributed by atoms with Crippen molar-refractivity contribution in [1.82, 2.24) is 4.90 Å². The van der Waals surface area contributed by atoms with Gasteiger partial charge in [0.05, 0.1) is 0 Å². The van der Waals surface area contributed by atoms with Crippen molar-refractivity contribution in [2.45, 2.75) is 57.4 Å². The topological polar surface area (TPSA) is 29.3 Å². The quantitative estimate of drug-likeness (QED) is 0.845. The molecule has 4 heteroatoms. The molecule has 1 saturated carbocycles. The molecule has 0 radical (unpaired) electrons. The van der Waals surface area contributed by atoms with Crippen LogP contribution in [0.1, 0.15) is 45.4 Å². The van der Waals surface area contributed by atoms with Gasteiger partial charge in [-0.2, -0.15) is 0 Å². The summed E-state index contributed by atoms with van der Waals surface area (Å²) >= 11 is 0. The Morgan fingerprint density at radius 3 is 2.78 bits per heavy atom. The monoisotopic (exact) mass is 260 g/mol. The molecule has 0 aromatic rings. The van der Waals surface area contributed by atoms with E-state index in [9.17, 15) is 8.78 Å². The maximum atomic E-state index is 13.4. The van der Waals surface area contributed by atoms with Crippen LogP contribution in [0.2, 0.25) is 0 Å². The van der Waals surface area contributed by atoms with Gasteiger partial charge in [-0.25, -0.2) is 8.78 Å². The molecule has 1 aliphatic heterocycles. The van der Waals surface area contributed by atoms with Gasteiger partial charge in [0.25, 0.3) is 0 Å². The van der Waals surface area contributed by atoms with E-state index in [2.05, 4.69) is 11.8 Å². The molecule has 2 rings (SSSR count). The second kappa shape index (κ2) is 5.83. The van der Waals surface area contributed by atoms with E-state index < -0.39 is 5.92 Å². The van der Waals surface area contributed by atoms with E-state index >= 15 is 0 Å². The molecule has 2 aliphatic rings. The fraction of sp³-hybridized carbons (Fsp3) is 1.00. The van der Waals surface area contributed by atoms with Crippen LogP contribution in [0.15, 0.2) is 0 Å². The summed E-state index contributed by atoms with van der Waals surface area (Å²) < 4.78 is 26.8. The molecule has 2 nitrogen and oxygen atoms in total. The van der Waals surface area contributed by atoms with E-state index in [0.717, 1.165) is 32.5 Å². The molecule has 1 saturated heterocycles. The zero-order valence-electron chi connectivity index (χ0n) is 11.4. The first-order chi connectivity index (χ1) is 8.46. The Balaban J connectivity index is 1.82. The first-order valence-electron chi connectivity index (χ1n) is 7.32. The average Bonchev–Trinajstić information content (AvgIpc) is 2.28. The highest BCUT2D eigenvalue weighted by Crippen LogP contribution is 2.37. The summed E-state index contributed by atoms with van der Waals surface area (Å²) in [5, 5.41) is 0. The van der Waals surface area contributed by atoms with Crippen LogP contribution in [-0.2, 0) is 0 Å². The third-order valence-electron chi connectivity index (χ3n) is 4.54. The molecule has 0 aromatic heterocycles. The second-order valence-corrected chi connectivity index (χ2v) is 6.34. The number of hydrogen-bond donors (Lipinski definition) is 1. The van der Waals surface area contributed by atoms with Crippen LogP contribution in [0.3, 0.4) is 0 Å². The summed E-state index contributed by atoms with van der Waals surface area (Å²) in [6, 6.07) is 0.223. The Bertz CT molecular complexity index is 269. The normalized spacial score (nSPS) is 35.3. The molecule has 2 N–H and O–H groups in total. The summed E-state index contributed by atoms with van der Waals surface area (Å²) in [7, 11) is 0. The molecule has 2 fully saturated rings. The molecular weight excluding hydrogens is 234 g/mol. The largest absolute Gasteiger partial charge is 0.328 e. The lowest BCUT2D eigenvalue weighted by molar-refractivity contribution is -0.0584. The number of rotatable bonds is 3. The van der Waals surface area contributed by atoms with Crippen LogP contribution in [0, 0.1) is 11.8 Å². The average molecular weight is 260 g/mol. The Kier molecular flexibility index (Phi) is 4.59. The van der Waals surface area contributed by atoms with Crippen molar-refractivity contribution >= 4 is 0 Å². The maximum Gasteiger partial charge on any atom is 0.248 e. The number of alkyl halides is 2. The predicted molar refractivity (Wildman–Crippen MR) is 69.7 cm³/mol. The lowest BCUT2D eigenvalue weighted by Gasteiger charge is -2.38. The van der Waals surface area contributed by atoms with Crippen LogP contribution < -0.4 is 5.73 Å². The number of hydrogen-bond acceptors (Lipinski definition) is 2. The summed E-state index contributed by atoms with van der Waals surface area (Å²) in [4.78, 5) is 2.36. The first kappa shape index (κ1) is 14.2. The van der Waals surface area contributed by atoms with Gasteiger partial charge in [0, 0.05) is 32.0 Å². The van der Waals surface area contributed by atoms with E-state index in [-0.39, 0.29) is 24.8 Å². The number of likely N-dealkylation sites (tertiary alicyclic amines) is 1. The van der Waals surface area contributed by atoms with Crippen molar-refractivity contribution in [3.63, 3.8) is 0 Å². The third-order valence-corrected chi connectivity index (χ3v) is 4.54. The van der Waals surface area contributed by atoms with Gasteiger partial charge in [-0.3, -0.25) is 0 Å². The molecule has 1 heterocycles. The summed E-state index contributed by atoms with van der Waals surface area (Å²) in [5.74, 6) is -1.69. The van der Waals surface area contributed by atoms with Crippen LogP contribution in [0.25, 0.3) is 0 Å². The molecule has 106 valence electrons. The molecule has 18 heavy (non-hydrogen) atoms. The van der Waals surface area contributed by atoms with Crippen molar-refractivity contribution in [2.24, 2.45) is 17.6 Å². The Morgan fingerprint density at radius 2 is 2.11 bits per heavy atom. The minimum absolute atomic E-state index is 0.0892. The number of nitrogens with two attached hydrogens (primary N) is 1. The van der Waals surface area contributed by atoms with Crippen LogP contribution in [0.4, 0.5) is 8.78 Å². The summed E-state index contributed by atoms with van der Waals surface area (Å²) in [6.45, 7) is 4.97. The van der Waals surface area contributed by atoms with E-state index in [0.29, 0.717) is 12.3 Å². The summed E-state index contributed by atoms with van der Waals surface area (Å²) in [6.07, 6.45) is 4.18. The molecule has 0 spiro atoms. The van der Waals surface area contributed by atoms with Gasteiger partial charge in [0.2, 0.25) is 5.92 Å². The van der Waals surface area contributed by atoms with Gasteiger partial charge in [0.15, 0.2) is 0 Å². The smallest absolute Gasteiger partial charge is 0.248 e. The van der Waals surface area contributed by atoms with Gasteiger partial charge in [0.1, 0.15) is 0 Å². The second-order valence-electron chi connectivity index (χ2n) is 6.34. The Labute approximate surface area is 109 Å². The van der Waals surface area contributed by atoms with E-state index in [1.54, 1.807) is 0 Å². The van der Waals surface area contributed by atoms with E-state index in [1.807, 2.05) is 0 Å². The van der Waals surface area contributed by atoms with Crippen molar-refractivity contribution < 1.29 is 8.78 Å². The minimum Gasteiger partial charge on any atom is -0.328 e. The van der Waals surface area contributed by atoms with Gasteiger partial charge in [-0.15, -0.1) is 0 Å². The minimum atomic E-state index is -2.42. The fourth-order valence-corrected chi connectivity index (χ4v) is 3.48. The predicted octanol–water partition coefficient (Wildman–Crippen LogP) is 2.87. The van der Waals surface area contributed by atoms with Gasteiger partial charge in [-0.05, 0) is 51.0 Å². The highest BCUT2D eigenvalue weighted by molar-refractivity contribution is 4.83. The van der Waals surface area contributed by atoms with Gasteiger partial charge in [-0.1, -0.05) is 0 Å². The molecule has 3 unspecified atom stereocenters. The van der Waals surface area contributed by atoms with Crippen molar-refractivity contribution in [3.05, 3.63) is 0 Å². The molecule has 3 atom stereocenters. The van der Waals surface area contributed by atoms with Crippen LogP contribution in [0.5, 0.6) is 0 Å². The molecule has 0 aromatic carbocycles. The molecule has 0 bridgehead atoms.